The van der Waals surface area contributed by atoms with E-state index in [4.69, 9.17) is 0 Å². The highest BCUT2D eigenvalue weighted by Crippen LogP contribution is 2.14. The lowest BCUT2D eigenvalue weighted by atomic mass is 10.0. The molecule has 3 unspecified atom stereocenters. The molecule has 5 nitrogen and oxygen atoms in total. The van der Waals surface area contributed by atoms with Crippen LogP contribution in [0.15, 0.2) is 36.5 Å². The fourth-order valence-corrected chi connectivity index (χ4v) is 6.70. The molecule has 0 saturated carbocycles. The van der Waals surface area contributed by atoms with Crippen molar-refractivity contribution in [3.8, 4) is 0 Å². The first kappa shape index (κ1) is 49.6. The molecule has 0 aliphatic rings. The molecule has 0 saturated heterocycles. The zero-order valence-corrected chi connectivity index (χ0v) is 34.0. The van der Waals surface area contributed by atoms with E-state index in [1.165, 1.54) is 154 Å². The monoisotopic (exact) mass is 718 g/mol. The Morgan fingerprint density at radius 3 is 1.20 bits per heavy atom. The van der Waals surface area contributed by atoms with Crippen molar-refractivity contribution < 1.29 is 20.1 Å². The molecule has 5 heteroatoms. The summed E-state index contributed by atoms with van der Waals surface area (Å²) in [6.45, 7) is 4.16. The lowest BCUT2D eigenvalue weighted by molar-refractivity contribution is -0.124. The zero-order chi connectivity index (χ0) is 37.3. The van der Waals surface area contributed by atoms with Gasteiger partial charge in [0.2, 0.25) is 5.91 Å². The van der Waals surface area contributed by atoms with Gasteiger partial charge in [0.15, 0.2) is 0 Å². The molecule has 0 rings (SSSR count). The number of hydrogen-bond acceptors (Lipinski definition) is 4. The standard InChI is InChI=1S/C46H87NO4/c1-3-5-7-9-11-13-15-17-19-21-22-23-25-26-28-30-32-34-36-38-40-44(49)46(51)43(42-48)47-45(50)41-39-37-35-33-31-29-27-24-20-18-16-14-12-10-8-6-4-2/h18,20,25-26,32,34,43-44,46,48-49,51H,3-17,19,21-24,27-31,33,35-42H2,1-2H3,(H,47,50)/b20-18-,26-25+,34-32+. The predicted octanol–water partition coefficient (Wildman–Crippen LogP) is 12.8. The van der Waals surface area contributed by atoms with E-state index in [2.05, 4.69) is 55.6 Å². The molecule has 0 bridgehead atoms. The van der Waals surface area contributed by atoms with Crippen LogP contribution in [0.3, 0.4) is 0 Å². The minimum absolute atomic E-state index is 0.163. The third-order valence-corrected chi connectivity index (χ3v) is 10.2. The van der Waals surface area contributed by atoms with Crippen LogP contribution in [0.2, 0.25) is 0 Å². The SMILES string of the molecule is CCCCCCCC/C=C\CCCCCCCCCC(=O)NC(CO)C(O)C(O)CCC/C=C/CC/C=C/CCCCCCCCCCCCC. The van der Waals surface area contributed by atoms with Gasteiger partial charge in [0.25, 0.3) is 0 Å². The maximum atomic E-state index is 12.4. The minimum atomic E-state index is -1.17. The number of amides is 1. The van der Waals surface area contributed by atoms with E-state index in [9.17, 15) is 20.1 Å². The summed E-state index contributed by atoms with van der Waals surface area (Å²) in [5.74, 6) is -0.163. The third kappa shape index (κ3) is 36.7. The van der Waals surface area contributed by atoms with E-state index < -0.39 is 18.2 Å². The van der Waals surface area contributed by atoms with E-state index in [-0.39, 0.29) is 12.5 Å². The van der Waals surface area contributed by atoms with Gasteiger partial charge in [-0.25, -0.2) is 0 Å². The van der Waals surface area contributed by atoms with Crippen molar-refractivity contribution in [2.75, 3.05) is 6.61 Å². The Balaban J connectivity index is 3.71. The molecule has 1 amide bonds. The first-order valence-corrected chi connectivity index (χ1v) is 22.3. The van der Waals surface area contributed by atoms with Crippen molar-refractivity contribution in [1.82, 2.24) is 5.32 Å². The smallest absolute Gasteiger partial charge is 0.220 e. The molecular weight excluding hydrogens is 631 g/mol. The van der Waals surface area contributed by atoms with Crippen molar-refractivity contribution in [2.24, 2.45) is 0 Å². The van der Waals surface area contributed by atoms with E-state index in [0.717, 1.165) is 44.9 Å². The van der Waals surface area contributed by atoms with E-state index in [0.29, 0.717) is 12.8 Å². The summed E-state index contributed by atoms with van der Waals surface area (Å²) in [5, 5.41) is 33.5. The Morgan fingerprint density at radius 1 is 0.471 bits per heavy atom. The Hall–Kier alpha value is -1.43. The molecule has 0 aromatic heterocycles. The Kier molecular flexibility index (Phi) is 40.2. The van der Waals surface area contributed by atoms with Crippen LogP contribution < -0.4 is 5.32 Å². The van der Waals surface area contributed by atoms with Gasteiger partial charge in [-0.3, -0.25) is 4.79 Å². The van der Waals surface area contributed by atoms with Crippen LogP contribution in [0.5, 0.6) is 0 Å². The molecule has 0 fully saturated rings. The number of rotatable bonds is 40. The van der Waals surface area contributed by atoms with Gasteiger partial charge in [0, 0.05) is 6.42 Å². The molecule has 300 valence electrons. The Bertz CT molecular complexity index is 794. The van der Waals surface area contributed by atoms with Gasteiger partial charge in [0.05, 0.1) is 18.8 Å². The summed E-state index contributed by atoms with van der Waals surface area (Å²) >= 11 is 0. The van der Waals surface area contributed by atoms with E-state index >= 15 is 0 Å². The predicted molar refractivity (Wildman–Crippen MR) is 222 cm³/mol. The van der Waals surface area contributed by atoms with E-state index in [1.54, 1.807) is 0 Å². The normalized spacial score (nSPS) is 13.9. The molecular formula is C46H87NO4. The number of aliphatic hydroxyl groups excluding tert-OH is 3. The zero-order valence-electron chi connectivity index (χ0n) is 34.0. The third-order valence-electron chi connectivity index (χ3n) is 10.2. The van der Waals surface area contributed by atoms with Crippen LogP contribution in [0.25, 0.3) is 0 Å². The average molecular weight is 718 g/mol. The molecule has 0 aliphatic heterocycles. The second-order valence-corrected chi connectivity index (χ2v) is 15.2. The van der Waals surface area contributed by atoms with Crippen molar-refractivity contribution >= 4 is 5.91 Å². The first-order valence-electron chi connectivity index (χ1n) is 22.3. The van der Waals surface area contributed by atoms with Gasteiger partial charge in [-0.1, -0.05) is 179 Å². The summed E-state index contributed by atoms with van der Waals surface area (Å²) in [4.78, 5) is 12.4. The fourth-order valence-electron chi connectivity index (χ4n) is 6.70. The summed E-state index contributed by atoms with van der Waals surface area (Å²) in [6, 6.07) is -0.834. The summed E-state index contributed by atoms with van der Waals surface area (Å²) < 4.78 is 0. The number of aliphatic hydroxyl groups is 3. The highest BCUT2D eigenvalue weighted by Gasteiger charge is 2.26. The molecule has 0 heterocycles. The molecule has 0 aliphatic carbocycles. The number of hydrogen-bond donors (Lipinski definition) is 4. The second-order valence-electron chi connectivity index (χ2n) is 15.2. The number of carbonyl (C=O) groups excluding carboxylic acids is 1. The number of nitrogens with one attached hydrogen (secondary N) is 1. The second kappa shape index (κ2) is 41.3. The molecule has 0 spiro atoms. The van der Waals surface area contributed by atoms with Crippen LogP contribution in [0.1, 0.15) is 226 Å². The van der Waals surface area contributed by atoms with Crippen molar-refractivity contribution in [1.29, 1.82) is 0 Å². The van der Waals surface area contributed by atoms with Gasteiger partial charge >= 0.3 is 0 Å². The van der Waals surface area contributed by atoms with Gasteiger partial charge < -0.3 is 20.6 Å². The number of carbonyl (C=O) groups is 1. The van der Waals surface area contributed by atoms with Gasteiger partial charge in [-0.15, -0.1) is 0 Å². The molecule has 0 aromatic carbocycles. The number of unbranched alkanes of at least 4 members (excludes halogenated alkanes) is 26. The highest BCUT2D eigenvalue weighted by molar-refractivity contribution is 5.76. The summed E-state index contributed by atoms with van der Waals surface area (Å²) in [6.07, 6.45) is 51.1. The number of allylic oxidation sites excluding steroid dienone is 6. The van der Waals surface area contributed by atoms with Crippen LogP contribution in [0.4, 0.5) is 0 Å². The summed E-state index contributed by atoms with van der Waals surface area (Å²) in [7, 11) is 0. The molecule has 51 heavy (non-hydrogen) atoms. The summed E-state index contributed by atoms with van der Waals surface area (Å²) in [5.41, 5.74) is 0. The van der Waals surface area contributed by atoms with Gasteiger partial charge in [-0.2, -0.15) is 0 Å². The Morgan fingerprint density at radius 2 is 0.804 bits per heavy atom. The van der Waals surface area contributed by atoms with Crippen LogP contribution >= 0.6 is 0 Å². The topological polar surface area (TPSA) is 89.8 Å². The van der Waals surface area contributed by atoms with Crippen LogP contribution in [0, 0.1) is 0 Å². The quantitative estimate of drug-likeness (QED) is 0.0375. The van der Waals surface area contributed by atoms with Crippen molar-refractivity contribution in [2.45, 2.75) is 244 Å². The maximum absolute atomic E-state index is 12.4. The van der Waals surface area contributed by atoms with Crippen molar-refractivity contribution in [3.05, 3.63) is 36.5 Å². The molecule has 4 N–H and O–H groups in total. The maximum Gasteiger partial charge on any atom is 0.220 e. The fraction of sp³-hybridized carbons (Fsp3) is 0.848. The van der Waals surface area contributed by atoms with Crippen LogP contribution in [-0.2, 0) is 4.79 Å². The van der Waals surface area contributed by atoms with Crippen molar-refractivity contribution in [3.63, 3.8) is 0 Å². The first-order chi connectivity index (χ1) is 25.1. The van der Waals surface area contributed by atoms with Gasteiger partial charge in [0.1, 0.15) is 6.10 Å². The van der Waals surface area contributed by atoms with E-state index in [1.807, 2.05) is 0 Å². The Labute approximate surface area is 317 Å². The minimum Gasteiger partial charge on any atom is -0.394 e. The largest absolute Gasteiger partial charge is 0.394 e. The van der Waals surface area contributed by atoms with Crippen LogP contribution in [-0.4, -0.2) is 46.1 Å². The highest BCUT2D eigenvalue weighted by atomic mass is 16.3. The lowest BCUT2D eigenvalue weighted by Gasteiger charge is -2.26. The lowest BCUT2D eigenvalue weighted by Crippen LogP contribution is -2.50. The molecule has 0 radical (unpaired) electrons. The average Bonchev–Trinajstić information content (AvgIpc) is 3.13. The molecule has 0 aromatic rings. The molecule has 3 atom stereocenters. The van der Waals surface area contributed by atoms with Gasteiger partial charge in [-0.05, 0) is 77.0 Å².